The number of ether oxygens (including phenoxy) is 1. The number of nitrogens with one attached hydrogen (secondary N) is 1. The highest BCUT2D eigenvalue weighted by Crippen LogP contribution is 2.32. The van der Waals surface area contributed by atoms with Crippen molar-refractivity contribution in [3.05, 3.63) is 50.3 Å². The number of methoxy groups -OCH3 is 1. The predicted molar refractivity (Wildman–Crippen MR) is 76.2 cm³/mol. The molecule has 2 aromatic rings. The standard InChI is InChI=1S/C14H11BrN2O2/c1-8-5-10(12(7-16)14(18)17-8)11-6-9(19-2)3-4-13(11)15/h3-6H,1-2H3,(H,17,18). The van der Waals surface area contributed by atoms with Gasteiger partial charge in [-0.25, -0.2) is 0 Å². The Balaban J connectivity index is 2.79. The molecule has 0 saturated heterocycles. The van der Waals surface area contributed by atoms with Crippen molar-refractivity contribution in [3.63, 3.8) is 0 Å². The molecule has 0 bridgehead atoms. The molecular weight excluding hydrogens is 308 g/mol. The molecule has 1 aromatic heterocycles. The summed E-state index contributed by atoms with van der Waals surface area (Å²) in [6.07, 6.45) is 0. The Morgan fingerprint density at radius 1 is 1.32 bits per heavy atom. The van der Waals surface area contributed by atoms with Crippen LogP contribution in [0, 0.1) is 18.3 Å². The lowest BCUT2D eigenvalue weighted by Gasteiger charge is -2.09. The molecule has 0 radical (unpaired) electrons. The molecule has 0 aliphatic heterocycles. The SMILES string of the molecule is COc1ccc(Br)c(-c2cc(C)[nH]c(=O)c2C#N)c1. The Bertz CT molecular complexity index is 729. The van der Waals surface area contributed by atoms with Gasteiger partial charge in [-0.1, -0.05) is 15.9 Å². The van der Waals surface area contributed by atoms with Crippen molar-refractivity contribution in [1.29, 1.82) is 5.26 Å². The lowest BCUT2D eigenvalue weighted by atomic mass is 10.0. The monoisotopic (exact) mass is 318 g/mol. The van der Waals surface area contributed by atoms with E-state index in [0.29, 0.717) is 17.0 Å². The molecular formula is C14H11BrN2O2. The first-order valence-corrected chi connectivity index (χ1v) is 6.34. The number of aromatic amines is 1. The minimum atomic E-state index is -0.382. The Morgan fingerprint density at radius 2 is 2.05 bits per heavy atom. The quantitative estimate of drug-likeness (QED) is 0.925. The largest absolute Gasteiger partial charge is 0.497 e. The maximum Gasteiger partial charge on any atom is 0.266 e. The fraction of sp³-hybridized carbons (Fsp3) is 0.143. The van der Waals surface area contributed by atoms with Gasteiger partial charge in [0, 0.05) is 21.3 Å². The van der Waals surface area contributed by atoms with Crippen molar-refractivity contribution in [2.24, 2.45) is 0 Å². The number of hydrogen-bond donors (Lipinski definition) is 1. The second-order valence-electron chi connectivity index (χ2n) is 4.03. The van der Waals surface area contributed by atoms with Gasteiger partial charge in [0.1, 0.15) is 17.4 Å². The van der Waals surface area contributed by atoms with Gasteiger partial charge < -0.3 is 9.72 Å². The van der Waals surface area contributed by atoms with Gasteiger partial charge >= 0.3 is 0 Å². The van der Waals surface area contributed by atoms with Crippen molar-refractivity contribution in [2.75, 3.05) is 7.11 Å². The zero-order chi connectivity index (χ0) is 14.0. The van der Waals surface area contributed by atoms with Crippen LogP contribution in [0.25, 0.3) is 11.1 Å². The van der Waals surface area contributed by atoms with Crippen LogP contribution in [-0.4, -0.2) is 12.1 Å². The summed E-state index contributed by atoms with van der Waals surface area (Å²) in [6, 6.07) is 9.15. The fourth-order valence-electron chi connectivity index (χ4n) is 1.85. The second kappa shape index (κ2) is 5.29. The second-order valence-corrected chi connectivity index (χ2v) is 4.88. The molecule has 2 rings (SSSR count). The molecule has 1 aromatic carbocycles. The summed E-state index contributed by atoms with van der Waals surface area (Å²) in [4.78, 5) is 14.4. The summed E-state index contributed by atoms with van der Waals surface area (Å²) >= 11 is 3.43. The first-order chi connectivity index (χ1) is 9.06. The van der Waals surface area contributed by atoms with Gasteiger partial charge in [0.2, 0.25) is 0 Å². The Labute approximate surface area is 118 Å². The normalized spacial score (nSPS) is 10.0. The fourth-order valence-corrected chi connectivity index (χ4v) is 2.31. The van der Waals surface area contributed by atoms with Gasteiger partial charge in [0.05, 0.1) is 7.11 Å². The number of hydrogen-bond acceptors (Lipinski definition) is 3. The van der Waals surface area contributed by atoms with E-state index in [9.17, 15) is 4.79 Å². The van der Waals surface area contributed by atoms with Gasteiger partial charge in [-0.2, -0.15) is 5.26 Å². The number of halogens is 1. The van der Waals surface area contributed by atoms with Crippen LogP contribution >= 0.6 is 15.9 Å². The van der Waals surface area contributed by atoms with E-state index in [1.165, 1.54) is 0 Å². The number of aryl methyl sites for hydroxylation is 1. The predicted octanol–water partition coefficient (Wildman–Crippen LogP) is 2.99. The number of rotatable bonds is 2. The zero-order valence-electron chi connectivity index (χ0n) is 10.5. The van der Waals surface area contributed by atoms with E-state index in [2.05, 4.69) is 20.9 Å². The highest BCUT2D eigenvalue weighted by Gasteiger charge is 2.13. The topological polar surface area (TPSA) is 65.9 Å². The number of aromatic nitrogens is 1. The molecule has 0 unspecified atom stereocenters. The zero-order valence-corrected chi connectivity index (χ0v) is 12.0. The van der Waals surface area contributed by atoms with Crippen molar-refractivity contribution < 1.29 is 4.74 Å². The van der Waals surface area contributed by atoms with Crippen LogP contribution in [0.1, 0.15) is 11.3 Å². The van der Waals surface area contributed by atoms with Crippen molar-refractivity contribution >= 4 is 15.9 Å². The summed E-state index contributed by atoms with van der Waals surface area (Å²) < 4.78 is 5.98. The number of H-pyrrole nitrogens is 1. The highest BCUT2D eigenvalue weighted by molar-refractivity contribution is 9.10. The molecule has 0 amide bonds. The van der Waals surface area contributed by atoms with E-state index in [1.54, 1.807) is 32.2 Å². The van der Waals surface area contributed by atoms with Crippen LogP contribution in [0.15, 0.2) is 33.5 Å². The Hall–Kier alpha value is -2.06. The molecule has 19 heavy (non-hydrogen) atoms. The van der Waals surface area contributed by atoms with Crippen molar-refractivity contribution in [1.82, 2.24) is 4.98 Å². The molecule has 0 spiro atoms. The van der Waals surface area contributed by atoms with Gasteiger partial charge in [0.25, 0.3) is 5.56 Å². The van der Waals surface area contributed by atoms with Crippen molar-refractivity contribution in [2.45, 2.75) is 6.92 Å². The molecule has 0 saturated carbocycles. The molecule has 5 heteroatoms. The molecule has 4 nitrogen and oxygen atoms in total. The van der Waals surface area contributed by atoms with Crippen LogP contribution in [0.4, 0.5) is 0 Å². The van der Waals surface area contributed by atoms with E-state index >= 15 is 0 Å². The van der Waals surface area contributed by atoms with E-state index < -0.39 is 0 Å². The molecule has 1 heterocycles. The third-order valence-electron chi connectivity index (χ3n) is 2.74. The minimum absolute atomic E-state index is 0.0968. The molecule has 0 fully saturated rings. The van der Waals surface area contributed by atoms with Gasteiger partial charge in [0.15, 0.2) is 0 Å². The van der Waals surface area contributed by atoms with E-state index in [0.717, 1.165) is 10.0 Å². The lowest BCUT2D eigenvalue weighted by molar-refractivity contribution is 0.415. The van der Waals surface area contributed by atoms with Gasteiger partial charge in [-0.15, -0.1) is 0 Å². The van der Waals surface area contributed by atoms with Gasteiger partial charge in [-0.05, 0) is 31.2 Å². The van der Waals surface area contributed by atoms with E-state index in [4.69, 9.17) is 10.00 Å². The van der Waals surface area contributed by atoms with E-state index in [1.807, 2.05) is 12.1 Å². The van der Waals surface area contributed by atoms with Crippen LogP contribution in [0.5, 0.6) is 5.75 Å². The first kappa shape index (κ1) is 13.4. The highest BCUT2D eigenvalue weighted by atomic mass is 79.9. The molecule has 0 aliphatic rings. The smallest absolute Gasteiger partial charge is 0.266 e. The number of nitriles is 1. The summed E-state index contributed by atoms with van der Waals surface area (Å²) in [5, 5.41) is 9.15. The number of benzene rings is 1. The molecule has 1 N–H and O–H groups in total. The van der Waals surface area contributed by atoms with Crippen LogP contribution in [0.3, 0.4) is 0 Å². The molecule has 0 atom stereocenters. The third kappa shape index (κ3) is 2.54. The Kier molecular flexibility index (Phi) is 3.72. The van der Waals surface area contributed by atoms with Crippen LogP contribution in [0.2, 0.25) is 0 Å². The maximum absolute atomic E-state index is 11.8. The summed E-state index contributed by atoms with van der Waals surface area (Å²) in [7, 11) is 1.57. The first-order valence-electron chi connectivity index (χ1n) is 5.54. The maximum atomic E-state index is 11.8. The van der Waals surface area contributed by atoms with Gasteiger partial charge in [-0.3, -0.25) is 4.79 Å². The minimum Gasteiger partial charge on any atom is -0.497 e. The summed E-state index contributed by atoms with van der Waals surface area (Å²) in [5.74, 6) is 0.667. The van der Waals surface area contributed by atoms with Crippen molar-refractivity contribution in [3.8, 4) is 22.9 Å². The van der Waals surface area contributed by atoms with Crippen LogP contribution in [-0.2, 0) is 0 Å². The van der Waals surface area contributed by atoms with E-state index in [-0.39, 0.29) is 11.1 Å². The molecule has 96 valence electrons. The summed E-state index contributed by atoms with van der Waals surface area (Å²) in [6.45, 7) is 1.78. The summed E-state index contributed by atoms with van der Waals surface area (Å²) in [5.41, 5.74) is 1.76. The Morgan fingerprint density at radius 3 is 2.68 bits per heavy atom. The lowest BCUT2D eigenvalue weighted by Crippen LogP contribution is -2.12. The average Bonchev–Trinajstić information content (AvgIpc) is 2.38. The average molecular weight is 319 g/mol. The number of nitrogens with zero attached hydrogens (tertiary/aromatic N) is 1. The third-order valence-corrected chi connectivity index (χ3v) is 3.43. The number of pyridine rings is 1. The van der Waals surface area contributed by atoms with Crippen LogP contribution < -0.4 is 10.3 Å². The molecule has 0 aliphatic carbocycles.